The molecule has 1 N–H and O–H groups in total. The average molecular weight is 271 g/mol. The first-order chi connectivity index (χ1) is 9.61. The molecular weight excluding hydrogens is 246 g/mol. The number of rotatable bonds is 6. The second-order valence-electron chi connectivity index (χ2n) is 5.63. The third kappa shape index (κ3) is 3.48. The molecule has 0 fully saturated rings. The molecule has 0 atom stereocenters. The maximum atomic E-state index is 4.61. The standard InChI is InChI=1S/C17H25N3/c1-5-10-18-11-16-12-20(4)19-17(16)15-8-6-14(7-9-15)13(2)3/h6-9,12-13,18H,5,10-11H2,1-4H3. The van der Waals surface area contributed by atoms with Crippen LogP contribution in [0.2, 0.25) is 0 Å². The van der Waals surface area contributed by atoms with E-state index in [4.69, 9.17) is 0 Å². The zero-order chi connectivity index (χ0) is 14.5. The monoisotopic (exact) mass is 271 g/mol. The number of nitrogens with zero attached hydrogens (tertiary/aromatic N) is 2. The van der Waals surface area contributed by atoms with Crippen molar-refractivity contribution < 1.29 is 0 Å². The summed E-state index contributed by atoms with van der Waals surface area (Å²) in [7, 11) is 1.98. The average Bonchev–Trinajstić information content (AvgIpc) is 2.80. The molecule has 108 valence electrons. The molecule has 1 heterocycles. The molecule has 0 amide bonds. The van der Waals surface area contributed by atoms with Gasteiger partial charge in [-0.1, -0.05) is 45.0 Å². The Hall–Kier alpha value is -1.61. The number of nitrogens with one attached hydrogen (secondary N) is 1. The van der Waals surface area contributed by atoms with E-state index in [2.05, 4.69) is 61.6 Å². The minimum absolute atomic E-state index is 0.568. The second kappa shape index (κ2) is 6.71. The Morgan fingerprint density at radius 1 is 1.20 bits per heavy atom. The number of hydrogen-bond donors (Lipinski definition) is 1. The van der Waals surface area contributed by atoms with Crippen LogP contribution in [0, 0.1) is 0 Å². The van der Waals surface area contributed by atoms with Crippen LogP contribution in [-0.2, 0) is 13.6 Å². The van der Waals surface area contributed by atoms with Gasteiger partial charge in [0.1, 0.15) is 0 Å². The summed E-state index contributed by atoms with van der Waals surface area (Å²) >= 11 is 0. The lowest BCUT2D eigenvalue weighted by atomic mass is 10.00. The van der Waals surface area contributed by atoms with Crippen molar-refractivity contribution >= 4 is 0 Å². The van der Waals surface area contributed by atoms with Gasteiger partial charge < -0.3 is 5.32 Å². The quantitative estimate of drug-likeness (QED) is 0.812. The predicted molar refractivity (Wildman–Crippen MR) is 84.7 cm³/mol. The first-order valence-electron chi connectivity index (χ1n) is 7.45. The van der Waals surface area contributed by atoms with Crippen molar-refractivity contribution in [3.05, 3.63) is 41.6 Å². The summed E-state index contributed by atoms with van der Waals surface area (Å²) < 4.78 is 1.90. The van der Waals surface area contributed by atoms with Crippen LogP contribution in [0.5, 0.6) is 0 Å². The molecule has 3 nitrogen and oxygen atoms in total. The van der Waals surface area contributed by atoms with E-state index in [1.54, 1.807) is 0 Å². The van der Waals surface area contributed by atoms with E-state index in [0.29, 0.717) is 5.92 Å². The summed E-state index contributed by atoms with van der Waals surface area (Å²) in [6.07, 6.45) is 3.26. The van der Waals surface area contributed by atoms with Crippen LogP contribution in [0.25, 0.3) is 11.3 Å². The van der Waals surface area contributed by atoms with E-state index in [1.807, 2.05) is 11.7 Å². The van der Waals surface area contributed by atoms with Crippen molar-refractivity contribution in [2.24, 2.45) is 7.05 Å². The molecule has 0 radical (unpaired) electrons. The highest BCUT2D eigenvalue weighted by molar-refractivity contribution is 5.63. The summed E-state index contributed by atoms with van der Waals surface area (Å²) in [5, 5.41) is 8.06. The van der Waals surface area contributed by atoms with E-state index in [9.17, 15) is 0 Å². The summed E-state index contributed by atoms with van der Waals surface area (Å²) in [6.45, 7) is 8.54. The van der Waals surface area contributed by atoms with E-state index >= 15 is 0 Å². The Morgan fingerprint density at radius 2 is 1.90 bits per heavy atom. The zero-order valence-corrected chi connectivity index (χ0v) is 13.0. The van der Waals surface area contributed by atoms with Gasteiger partial charge >= 0.3 is 0 Å². The Balaban J connectivity index is 2.22. The van der Waals surface area contributed by atoms with Crippen LogP contribution in [0.4, 0.5) is 0 Å². The fraction of sp³-hybridized carbons (Fsp3) is 0.471. The van der Waals surface area contributed by atoms with Gasteiger partial charge in [0.2, 0.25) is 0 Å². The van der Waals surface area contributed by atoms with Gasteiger partial charge in [-0.3, -0.25) is 4.68 Å². The molecule has 0 aliphatic heterocycles. The maximum absolute atomic E-state index is 4.61. The summed E-state index contributed by atoms with van der Waals surface area (Å²) in [6, 6.07) is 8.78. The molecule has 1 aromatic carbocycles. The van der Waals surface area contributed by atoms with Crippen LogP contribution in [-0.4, -0.2) is 16.3 Å². The zero-order valence-electron chi connectivity index (χ0n) is 13.0. The van der Waals surface area contributed by atoms with Crippen LogP contribution < -0.4 is 5.32 Å². The molecule has 3 heteroatoms. The molecule has 0 unspecified atom stereocenters. The van der Waals surface area contributed by atoms with Crippen molar-refractivity contribution in [2.75, 3.05) is 6.54 Å². The number of aromatic nitrogens is 2. The van der Waals surface area contributed by atoms with E-state index in [1.165, 1.54) is 16.7 Å². The molecule has 0 bridgehead atoms. The molecule has 0 saturated heterocycles. The largest absolute Gasteiger partial charge is 0.313 e. The molecule has 1 aromatic heterocycles. The van der Waals surface area contributed by atoms with Gasteiger partial charge in [-0.2, -0.15) is 5.10 Å². The SMILES string of the molecule is CCCNCc1cn(C)nc1-c1ccc(C(C)C)cc1. The second-order valence-corrected chi connectivity index (χ2v) is 5.63. The highest BCUT2D eigenvalue weighted by atomic mass is 15.3. The van der Waals surface area contributed by atoms with Crippen molar-refractivity contribution in [3.63, 3.8) is 0 Å². The first kappa shape index (κ1) is 14.8. The lowest BCUT2D eigenvalue weighted by Gasteiger charge is -2.07. The summed E-state index contributed by atoms with van der Waals surface area (Å²) in [4.78, 5) is 0. The Labute approximate surface area is 122 Å². The van der Waals surface area contributed by atoms with Crippen LogP contribution in [0.1, 0.15) is 44.2 Å². The van der Waals surface area contributed by atoms with Crippen LogP contribution in [0.15, 0.2) is 30.5 Å². The highest BCUT2D eigenvalue weighted by Crippen LogP contribution is 2.24. The van der Waals surface area contributed by atoms with Crippen LogP contribution in [0.3, 0.4) is 0 Å². The maximum Gasteiger partial charge on any atom is 0.0967 e. The number of benzene rings is 1. The van der Waals surface area contributed by atoms with Gasteiger partial charge in [-0.25, -0.2) is 0 Å². The Morgan fingerprint density at radius 3 is 2.50 bits per heavy atom. The van der Waals surface area contributed by atoms with Crippen molar-refractivity contribution in [1.82, 2.24) is 15.1 Å². The van der Waals surface area contributed by atoms with Gasteiger partial charge in [0, 0.05) is 30.9 Å². The minimum atomic E-state index is 0.568. The minimum Gasteiger partial charge on any atom is -0.313 e. The fourth-order valence-electron chi connectivity index (χ4n) is 2.34. The fourth-order valence-corrected chi connectivity index (χ4v) is 2.34. The lowest BCUT2D eigenvalue weighted by molar-refractivity contribution is 0.675. The van der Waals surface area contributed by atoms with Crippen LogP contribution >= 0.6 is 0 Å². The predicted octanol–water partition coefficient (Wildman–Crippen LogP) is 3.71. The summed E-state index contributed by atoms with van der Waals surface area (Å²) in [5.74, 6) is 0.568. The normalized spacial score (nSPS) is 11.2. The van der Waals surface area contributed by atoms with Gasteiger partial charge in [0.05, 0.1) is 5.69 Å². The van der Waals surface area contributed by atoms with Crippen molar-refractivity contribution in [2.45, 2.75) is 39.7 Å². The van der Waals surface area contributed by atoms with E-state index in [0.717, 1.165) is 25.2 Å². The molecule has 0 spiro atoms. The van der Waals surface area contributed by atoms with Crippen molar-refractivity contribution in [1.29, 1.82) is 0 Å². The van der Waals surface area contributed by atoms with Crippen molar-refractivity contribution in [3.8, 4) is 11.3 Å². The third-order valence-corrected chi connectivity index (χ3v) is 3.50. The van der Waals surface area contributed by atoms with E-state index < -0.39 is 0 Å². The molecular formula is C17H25N3. The molecule has 2 rings (SSSR count). The van der Waals surface area contributed by atoms with Gasteiger partial charge in [-0.05, 0) is 24.4 Å². The molecule has 20 heavy (non-hydrogen) atoms. The third-order valence-electron chi connectivity index (χ3n) is 3.50. The summed E-state index contributed by atoms with van der Waals surface area (Å²) in [5.41, 5.74) is 4.92. The van der Waals surface area contributed by atoms with Gasteiger partial charge in [0.15, 0.2) is 0 Å². The van der Waals surface area contributed by atoms with Gasteiger partial charge in [0.25, 0.3) is 0 Å². The Bertz CT molecular complexity index is 538. The molecule has 0 aliphatic rings. The Kier molecular flexibility index (Phi) is 4.96. The number of aryl methyl sites for hydroxylation is 1. The number of hydrogen-bond acceptors (Lipinski definition) is 2. The molecule has 0 saturated carbocycles. The smallest absolute Gasteiger partial charge is 0.0967 e. The highest BCUT2D eigenvalue weighted by Gasteiger charge is 2.10. The topological polar surface area (TPSA) is 29.9 Å². The molecule has 2 aromatic rings. The molecule has 0 aliphatic carbocycles. The first-order valence-corrected chi connectivity index (χ1v) is 7.45. The lowest BCUT2D eigenvalue weighted by Crippen LogP contribution is -2.13. The van der Waals surface area contributed by atoms with Gasteiger partial charge in [-0.15, -0.1) is 0 Å². The van der Waals surface area contributed by atoms with E-state index in [-0.39, 0.29) is 0 Å².